The molecule has 0 unspecified atom stereocenters. The monoisotopic (exact) mass is 463 g/mol. The number of ketones is 1. The number of anilines is 1. The lowest BCUT2D eigenvalue weighted by molar-refractivity contribution is -0.132. The molecule has 5 heteroatoms. The predicted molar refractivity (Wildman–Crippen MR) is 136 cm³/mol. The number of carboxylic acid groups (broad SMARTS) is 1. The van der Waals surface area contributed by atoms with Crippen LogP contribution in [0.2, 0.25) is 0 Å². The molecular weight excluding hydrogens is 438 g/mol. The number of hydrogen-bond donors (Lipinski definition) is 3. The van der Waals surface area contributed by atoms with Crippen molar-refractivity contribution in [3.8, 4) is 0 Å². The topological polar surface area (TPSA) is 86.6 Å². The van der Waals surface area contributed by atoms with Crippen molar-refractivity contribution in [2.75, 3.05) is 5.32 Å². The second kappa shape index (κ2) is 10.2. The van der Waals surface area contributed by atoms with Crippen molar-refractivity contribution < 1.29 is 19.8 Å². The van der Waals surface area contributed by atoms with Gasteiger partial charge in [-0.2, -0.15) is 0 Å². The third kappa shape index (κ3) is 5.05. The first-order valence-corrected chi connectivity index (χ1v) is 11.2. The van der Waals surface area contributed by atoms with E-state index < -0.39 is 17.4 Å². The molecule has 0 aliphatic heterocycles. The Balaban J connectivity index is 1.80. The second-order valence-corrected chi connectivity index (χ2v) is 8.21. The van der Waals surface area contributed by atoms with Crippen molar-refractivity contribution in [3.05, 3.63) is 149 Å². The van der Waals surface area contributed by atoms with Gasteiger partial charge in [0.25, 0.3) is 0 Å². The van der Waals surface area contributed by atoms with Crippen LogP contribution in [0, 0.1) is 6.92 Å². The Morgan fingerprint density at radius 2 is 1.26 bits per heavy atom. The number of allylic oxidation sites excluding steroid dienone is 1. The first-order chi connectivity index (χ1) is 16.9. The van der Waals surface area contributed by atoms with Gasteiger partial charge in [-0.25, -0.2) is 4.79 Å². The number of rotatable bonds is 8. The molecule has 0 fully saturated rings. The SMILES string of the molecule is Cc1ccc(C(=O)/C=C(\Nc2ccccc2C(O)(c2ccccc2)c2ccccc2)C(=O)O)cc1. The molecule has 0 bridgehead atoms. The number of benzene rings is 4. The summed E-state index contributed by atoms with van der Waals surface area (Å²) in [7, 11) is 0. The van der Waals surface area contributed by atoms with E-state index in [2.05, 4.69) is 5.32 Å². The van der Waals surface area contributed by atoms with Gasteiger partial charge < -0.3 is 15.5 Å². The standard InChI is InChI=1S/C30H25NO4/c1-21-16-18-22(19-17-21)28(32)20-27(29(33)34)31-26-15-9-8-14-25(26)30(35,23-10-4-2-5-11-23)24-12-6-3-7-13-24/h2-20,31,35H,1H3,(H,33,34)/b27-20-. The fourth-order valence-corrected chi connectivity index (χ4v) is 3.97. The van der Waals surface area contributed by atoms with Crippen molar-refractivity contribution in [1.82, 2.24) is 0 Å². The minimum absolute atomic E-state index is 0.300. The van der Waals surface area contributed by atoms with Crippen LogP contribution in [-0.2, 0) is 10.4 Å². The Morgan fingerprint density at radius 3 is 1.80 bits per heavy atom. The van der Waals surface area contributed by atoms with E-state index >= 15 is 0 Å². The average Bonchev–Trinajstić information content (AvgIpc) is 2.89. The van der Waals surface area contributed by atoms with Crippen LogP contribution in [0.15, 0.2) is 121 Å². The fourth-order valence-electron chi connectivity index (χ4n) is 3.97. The molecule has 4 aromatic rings. The van der Waals surface area contributed by atoms with Crippen molar-refractivity contribution in [3.63, 3.8) is 0 Å². The van der Waals surface area contributed by atoms with E-state index in [1.54, 1.807) is 48.5 Å². The van der Waals surface area contributed by atoms with Gasteiger partial charge >= 0.3 is 5.97 Å². The first-order valence-electron chi connectivity index (χ1n) is 11.2. The number of aliphatic hydroxyl groups is 1. The van der Waals surface area contributed by atoms with Crippen molar-refractivity contribution >= 4 is 17.4 Å². The van der Waals surface area contributed by atoms with Crippen LogP contribution in [0.25, 0.3) is 0 Å². The van der Waals surface area contributed by atoms with Gasteiger partial charge in [-0.3, -0.25) is 4.79 Å². The maximum Gasteiger partial charge on any atom is 0.352 e. The van der Waals surface area contributed by atoms with Crippen LogP contribution in [0.3, 0.4) is 0 Å². The molecule has 35 heavy (non-hydrogen) atoms. The lowest BCUT2D eigenvalue weighted by atomic mass is 9.79. The summed E-state index contributed by atoms with van der Waals surface area (Å²) in [6, 6.07) is 32.2. The highest BCUT2D eigenvalue weighted by molar-refractivity contribution is 6.09. The second-order valence-electron chi connectivity index (χ2n) is 8.21. The molecule has 0 aromatic heterocycles. The van der Waals surface area contributed by atoms with Crippen molar-refractivity contribution in [2.24, 2.45) is 0 Å². The van der Waals surface area contributed by atoms with Crippen LogP contribution >= 0.6 is 0 Å². The zero-order chi connectivity index (χ0) is 24.8. The van der Waals surface area contributed by atoms with E-state index in [-0.39, 0.29) is 5.70 Å². The highest BCUT2D eigenvalue weighted by Gasteiger charge is 2.36. The molecule has 0 radical (unpaired) electrons. The summed E-state index contributed by atoms with van der Waals surface area (Å²) in [5, 5.41) is 24.9. The summed E-state index contributed by atoms with van der Waals surface area (Å²) in [5.41, 5.74) is 1.57. The molecular formula is C30H25NO4. The van der Waals surface area contributed by atoms with Gasteiger partial charge in [-0.1, -0.05) is 109 Å². The number of carbonyl (C=O) groups is 2. The Kier molecular flexibility index (Phi) is 6.90. The largest absolute Gasteiger partial charge is 0.477 e. The first kappa shape index (κ1) is 23.7. The summed E-state index contributed by atoms with van der Waals surface area (Å²) in [5.74, 6) is -1.73. The van der Waals surface area contributed by atoms with Gasteiger partial charge in [-0.05, 0) is 24.1 Å². The Morgan fingerprint density at radius 1 is 0.743 bits per heavy atom. The maximum absolute atomic E-state index is 12.8. The van der Waals surface area contributed by atoms with Crippen molar-refractivity contribution in [2.45, 2.75) is 12.5 Å². The quantitative estimate of drug-likeness (QED) is 0.181. The summed E-state index contributed by atoms with van der Waals surface area (Å²) in [6.45, 7) is 1.91. The molecule has 3 N–H and O–H groups in total. The number of aliphatic carboxylic acids is 1. The molecule has 0 saturated heterocycles. The summed E-state index contributed by atoms with van der Waals surface area (Å²) in [6.07, 6.45) is 1.06. The number of hydrogen-bond acceptors (Lipinski definition) is 4. The molecule has 0 aliphatic carbocycles. The molecule has 0 heterocycles. The van der Waals surface area contributed by atoms with Gasteiger partial charge in [0.05, 0.1) is 0 Å². The van der Waals surface area contributed by atoms with E-state index in [9.17, 15) is 19.8 Å². The number of aryl methyl sites for hydroxylation is 1. The van der Waals surface area contributed by atoms with E-state index in [1.165, 1.54) is 0 Å². The van der Waals surface area contributed by atoms with Crippen LogP contribution in [0.4, 0.5) is 5.69 Å². The summed E-state index contributed by atoms with van der Waals surface area (Å²) in [4.78, 5) is 24.8. The fraction of sp³-hybridized carbons (Fsp3) is 0.0667. The number of nitrogens with one attached hydrogen (secondary N) is 1. The zero-order valence-corrected chi connectivity index (χ0v) is 19.2. The number of para-hydroxylation sites is 1. The summed E-state index contributed by atoms with van der Waals surface area (Å²) < 4.78 is 0. The molecule has 0 spiro atoms. The molecule has 0 aliphatic rings. The van der Waals surface area contributed by atoms with Crippen LogP contribution in [0.1, 0.15) is 32.6 Å². The Labute approximate surface area is 204 Å². The molecule has 4 aromatic carbocycles. The third-order valence-corrected chi connectivity index (χ3v) is 5.81. The molecule has 4 rings (SSSR count). The van der Waals surface area contributed by atoms with E-state index in [0.717, 1.165) is 11.6 Å². The number of carboxylic acids is 1. The molecule has 0 saturated carbocycles. The lowest BCUT2D eigenvalue weighted by Crippen LogP contribution is -2.30. The van der Waals surface area contributed by atoms with E-state index in [4.69, 9.17) is 0 Å². The maximum atomic E-state index is 12.8. The predicted octanol–water partition coefficient (Wildman–Crippen LogP) is 5.54. The van der Waals surface area contributed by atoms with Gasteiger partial charge in [0.2, 0.25) is 0 Å². The normalized spacial score (nSPS) is 11.7. The zero-order valence-electron chi connectivity index (χ0n) is 19.2. The molecule has 0 amide bonds. The average molecular weight is 464 g/mol. The highest BCUT2D eigenvalue weighted by Crippen LogP contribution is 2.40. The Bertz CT molecular complexity index is 1320. The van der Waals surface area contributed by atoms with Crippen LogP contribution in [-0.4, -0.2) is 22.0 Å². The molecule has 174 valence electrons. The van der Waals surface area contributed by atoms with Crippen LogP contribution < -0.4 is 5.32 Å². The summed E-state index contributed by atoms with van der Waals surface area (Å²) >= 11 is 0. The smallest absolute Gasteiger partial charge is 0.352 e. The molecule has 5 nitrogen and oxygen atoms in total. The minimum Gasteiger partial charge on any atom is -0.477 e. The van der Waals surface area contributed by atoms with Gasteiger partial charge in [-0.15, -0.1) is 0 Å². The van der Waals surface area contributed by atoms with E-state index in [0.29, 0.717) is 27.9 Å². The van der Waals surface area contributed by atoms with Crippen LogP contribution in [0.5, 0.6) is 0 Å². The van der Waals surface area contributed by atoms with Crippen molar-refractivity contribution in [1.29, 1.82) is 0 Å². The van der Waals surface area contributed by atoms with Gasteiger partial charge in [0.15, 0.2) is 5.78 Å². The minimum atomic E-state index is -1.57. The van der Waals surface area contributed by atoms with Gasteiger partial charge in [0.1, 0.15) is 11.3 Å². The Hall–Kier alpha value is -4.48. The molecule has 0 atom stereocenters. The van der Waals surface area contributed by atoms with E-state index in [1.807, 2.05) is 67.6 Å². The number of carbonyl (C=O) groups excluding carboxylic acids is 1. The highest BCUT2D eigenvalue weighted by atomic mass is 16.4. The lowest BCUT2D eigenvalue weighted by Gasteiger charge is -2.32. The van der Waals surface area contributed by atoms with Gasteiger partial charge in [0, 0.05) is 22.9 Å². The third-order valence-electron chi connectivity index (χ3n) is 5.81.